The molecule has 5 heteroatoms. The van der Waals surface area contributed by atoms with Gasteiger partial charge in [0.25, 0.3) is 0 Å². The molecular weight excluding hydrogens is 366 g/mol. The van der Waals surface area contributed by atoms with Gasteiger partial charge in [0.1, 0.15) is 0 Å². The molecule has 0 bridgehead atoms. The van der Waals surface area contributed by atoms with Crippen molar-refractivity contribution in [3.05, 3.63) is 70.4 Å². The lowest BCUT2D eigenvalue weighted by molar-refractivity contribution is -0.132. The van der Waals surface area contributed by atoms with Crippen molar-refractivity contribution in [1.29, 1.82) is 0 Å². The van der Waals surface area contributed by atoms with Gasteiger partial charge in [0.05, 0.1) is 6.54 Å². The van der Waals surface area contributed by atoms with Crippen molar-refractivity contribution in [1.82, 2.24) is 15.1 Å². The monoisotopic (exact) mass is 393 g/mol. The second-order valence-corrected chi connectivity index (χ2v) is 8.44. The maximum atomic E-state index is 12.7. The Morgan fingerprint density at radius 1 is 1.04 bits per heavy atom. The number of hydrogen-bond acceptors (Lipinski definition) is 4. The average Bonchev–Trinajstić information content (AvgIpc) is 3.25. The topological polar surface area (TPSA) is 35.6 Å². The summed E-state index contributed by atoms with van der Waals surface area (Å²) in [6, 6.07) is 19.2. The third kappa shape index (κ3) is 4.43. The first-order valence-corrected chi connectivity index (χ1v) is 10.8. The normalized spacial score (nSPS) is 16.4. The van der Waals surface area contributed by atoms with Crippen molar-refractivity contribution in [3.8, 4) is 0 Å². The van der Waals surface area contributed by atoms with E-state index < -0.39 is 0 Å². The molecular formula is C23H27N3OS. The summed E-state index contributed by atoms with van der Waals surface area (Å²) >= 11 is 1.80. The van der Waals surface area contributed by atoms with Gasteiger partial charge in [-0.15, -0.1) is 11.3 Å². The number of amides is 1. The smallest absolute Gasteiger partial charge is 0.236 e. The molecule has 1 aliphatic rings. The largest absolute Gasteiger partial charge is 0.339 e. The quantitative estimate of drug-likeness (QED) is 0.690. The van der Waals surface area contributed by atoms with E-state index in [4.69, 9.17) is 0 Å². The van der Waals surface area contributed by atoms with Crippen LogP contribution in [0.3, 0.4) is 0 Å². The highest BCUT2D eigenvalue weighted by molar-refractivity contribution is 7.09. The fourth-order valence-electron chi connectivity index (χ4n) is 3.87. The summed E-state index contributed by atoms with van der Waals surface area (Å²) in [5.74, 6) is 0.197. The van der Waals surface area contributed by atoms with E-state index in [1.165, 1.54) is 21.2 Å². The first kappa shape index (κ1) is 19.1. The Morgan fingerprint density at radius 3 is 2.61 bits per heavy atom. The lowest BCUT2D eigenvalue weighted by Crippen LogP contribution is -2.50. The Kier molecular flexibility index (Phi) is 6.05. The van der Waals surface area contributed by atoms with E-state index in [2.05, 4.69) is 77.1 Å². The summed E-state index contributed by atoms with van der Waals surface area (Å²) in [6.45, 7) is 7.04. The molecule has 2 heterocycles. The molecule has 1 saturated heterocycles. The molecule has 1 aromatic heterocycles. The molecule has 1 amide bonds. The van der Waals surface area contributed by atoms with Gasteiger partial charge in [-0.05, 0) is 34.7 Å². The third-order valence-corrected chi connectivity index (χ3v) is 6.40. The van der Waals surface area contributed by atoms with Gasteiger partial charge in [-0.2, -0.15) is 0 Å². The van der Waals surface area contributed by atoms with Gasteiger partial charge < -0.3 is 10.2 Å². The van der Waals surface area contributed by atoms with Crippen molar-refractivity contribution in [2.75, 3.05) is 32.7 Å². The summed E-state index contributed by atoms with van der Waals surface area (Å²) in [6.07, 6.45) is 0. The van der Waals surface area contributed by atoms with E-state index >= 15 is 0 Å². The Balaban J connectivity index is 1.28. The third-order valence-electron chi connectivity index (χ3n) is 5.53. The first-order chi connectivity index (χ1) is 13.7. The minimum Gasteiger partial charge on any atom is -0.339 e. The number of rotatable bonds is 6. The minimum atomic E-state index is 0.134. The van der Waals surface area contributed by atoms with Gasteiger partial charge in [-0.1, -0.05) is 48.5 Å². The van der Waals surface area contributed by atoms with Gasteiger partial charge in [-0.25, -0.2) is 0 Å². The predicted octanol–water partition coefficient (Wildman–Crippen LogP) is 3.90. The molecule has 0 spiro atoms. The summed E-state index contributed by atoms with van der Waals surface area (Å²) in [7, 11) is 0. The highest BCUT2D eigenvalue weighted by Crippen LogP contribution is 2.24. The molecule has 1 N–H and O–H groups in total. The summed E-state index contributed by atoms with van der Waals surface area (Å²) < 4.78 is 0. The van der Waals surface area contributed by atoms with Gasteiger partial charge in [0, 0.05) is 43.6 Å². The van der Waals surface area contributed by atoms with Crippen LogP contribution in [0.15, 0.2) is 60.0 Å². The Morgan fingerprint density at radius 2 is 1.82 bits per heavy atom. The molecule has 0 radical (unpaired) electrons. The Labute approximate surface area is 170 Å². The van der Waals surface area contributed by atoms with Gasteiger partial charge >= 0.3 is 0 Å². The van der Waals surface area contributed by atoms with Crippen LogP contribution < -0.4 is 5.32 Å². The molecule has 1 atom stereocenters. The van der Waals surface area contributed by atoms with Gasteiger partial charge in [-0.3, -0.25) is 9.69 Å². The highest BCUT2D eigenvalue weighted by Gasteiger charge is 2.21. The number of hydrogen-bond donors (Lipinski definition) is 1. The van der Waals surface area contributed by atoms with Crippen LogP contribution in [0.25, 0.3) is 10.8 Å². The number of nitrogens with zero attached hydrogens (tertiary/aromatic N) is 2. The number of fused-ring (bicyclic) bond motifs is 1. The van der Waals surface area contributed by atoms with Crippen molar-refractivity contribution in [2.45, 2.75) is 19.5 Å². The first-order valence-electron chi connectivity index (χ1n) is 9.94. The molecule has 28 heavy (non-hydrogen) atoms. The fourth-order valence-corrected chi connectivity index (χ4v) is 4.61. The van der Waals surface area contributed by atoms with Gasteiger partial charge in [0.15, 0.2) is 0 Å². The number of piperazine rings is 1. The molecule has 0 saturated carbocycles. The van der Waals surface area contributed by atoms with Crippen LogP contribution in [0, 0.1) is 0 Å². The molecule has 4 nitrogen and oxygen atoms in total. The van der Waals surface area contributed by atoms with E-state index in [1.54, 1.807) is 11.3 Å². The average molecular weight is 394 g/mol. The molecule has 2 aromatic carbocycles. The molecule has 146 valence electrons. The van der Waals surface area contributed by atoms with E-state index in [0.29, 0.717) is 6.54 Å². The number of carbonyl (C=O) groups excluding carboxylic acids is 1. The van der Waals surface area contributed by atoms with Crippen LogP contribution in [0.4, 0.5) is 0 Å². The summed E-state index contributed by atoms with van der Waals surface area (Å²) in [5.41, 5.74) is 1.24. The standard InChI is InChI=1S/C23H27N3OS/c1-18(21-10-4-7-19-6-2-3-9-22(19)21)24-16-23(27)26-13-11-25(12-14-26)17-20-8-5-15-28-20/h2-10,15,18,24H,11-14,16-17H2,1H3/t18-/m0/s1. The minimum absolute atomic E-state index is 0.134. The van der Waals surface area contributed by atoms with Crippen LogP contribution >= 0.6 is 11.3 Å². The maximum Gasteiger partial charge on any atom is 0.236 e. The molecule has 3 aromatic rings. The van der Waals surface area contributed by atoms with Crippen LogP contribution in [0.5, 0.6) is 0 Å². The van der Waals surface area contributed by atoms with Crippen molar-refractivity contribution in [2.24, 2.45) is 0 Å². The van der Waals surface area contributed by atoms with Crippen LogP contribution in [0.2, 0.25) is 0 Å². The van der Waals surface area contributed by atoms with Crippen LogP contribution in [-0.2, 0) is 11.3 Å². The SMILES string of the molecule is C[C@H](NCC(=O)N1CCN(Cc2cccs2)CC1)c1cccc2ccccc12. The van der Waals surface area contributed by atoms with Crippen LogP contribution in [-0.4, -0.2) is 48.4 Å². The predicted molar refractivity (Wildman–Crippen MR) is 117 cm³/mol. The molecule has 0 aliphatic carbocycles. The van der Waals surface area contributed by atoms with E-state index in [-0.39, 0.29) is 11.9 Å². The maximum absolute atomic E-state index is 12.7. The van der Waals surface area contributed by atoms with E-state index in [1.807, 2.05) is 4.90 Å². The van der Waals surface area contributed by atoms with E-state index in [0.717, 1.165) is 32.7 Å². The summed E-state index contributed by atoms with van der Waals surface area (Å²) in [4.78, 5) is 18.5. The number of thiophene rings is 1. The molecule has 1 fully saturated rings. The lowest BCUT2D eigenvalue weighted by Gasteiger charge is -2.34. The number of carbonyl (C=O) groups is 1. The van der Waals surface area contributed by atoms with Crippen LogP contribution in [0.1, 0.15) is 23.4 Å². The van der Waals surface area contributed by atoms with E-state index in [9.17, 15) is 4.79 Å². The molecule has 4 rings (SSSR count). The fraction of sp³-hybridized carbons (Fsp3) is 0.348. The van der Waals surface area contributed by atoms with Crippen molar-refractivity contribution < 1.29 is 4.79 Å². The van der Waals surface area contributed by atoms with Gasteiger partial charge in [0.2, 0.25) is 5.91 Å². The summed E-state index contributed by atoms with van der Waals surface area (Å²) in [5, 5.41) is 8.04. The second kappa shape index (κ2) is 8.86. The zero-order valence-electron chi connectivity index (χ0n) is 16.3. The number of nitrogens with one attached hydrogen (secondary N) is 1. The zero-order chi connectivity index (χ0) is 19.3. The molecule has 1 aliphatic heterocycles. The highest BCUT2D eigenvalue weighted by atomic mass is 32.1. The lowest BCUT2D eigenvalue weighted by atomic mass is 10.00. The van der Waals surface area contributed by atoms with Crippen molar-refractivity contribution >= 4 is 28.0 Å². The molecule has 0 unspecified atom stereocenters. The second-order valence-electron chi connectivity index (χ2n) is 7.41. The number of benzene rings is 2. The van der Waals surface area contributed by atoms with Crippen molar-refractivity contribution in [3.63, 3.8) is 0 Å². The Hall–Kier alpha value is -2.21. The Bertz CT molecular complexity index is 911. The zero-order valence-corrected chi connectivity index (χ0v) is 17.1.